The zero-order valence-corrected chi connectivity index (χ0v) is 6.94. The van der Waals surface area contributed by atoms with Gasteiger partial charge in [-0.05, 0) is 48.3 Å². The second kappa shape index (κ2) is 1.21. The summed E-state index contributed by atoms with van der Waals surface area (Å²) in [7, 11) is 0. The molecule has 5 aliphatic carbocycles. The van der Waals surface area contributed by atoms with Crippen LogP contribution < -0.4 is 0 Å². The monoisotopic (exact) mass is 160 g/mol. The van der Waals surface area contributed by atoms with Gasteiger partial charge in [-0.25, -0.2) is 0 Å². The summed E-state index contributed by atoms with van der Waals surface area (Å²) >= 11 is 0. The second-order valence-corrected chi connectivity index (χ2v) is 5.74. The fraction of sp³-hybridized carbons (Fsp3) is 0.909. The van der Waals surface area contributed by atoms with Gasteiger partial charge in [0, 0.05) is 11.8 Å². The fourth-order valence-electron chi connectivity index (χ4n) is 6.10. The largest absolute Gasteiger partial charge is 0.299 e. The quantitative estimate of drug-likeness (QED) is 0.522. The molecule has 1 nitrogen and oxygen atoms in total. The molecule has 0 amide bonds. The molecule has 1 heteroatoms. The summed E-state index contributed by atoms with van der Waals surface area (Å²) in [5.74, 6) is 7.54. The molecule has 5 aliphatic rings. The van der Waals surface area contributed by atoms with Crippen molar-refractivity contribution >= 4 is 5.78 Å². The van der Waals surface area contributed by atoms with E-state index in [1.54, 1.807) is 0 Å². The first-order chi connectivity index (χ1) is 5.88. The van der Waals surface area contributed by atoms with Crippen LogP contribution in [0.25, 0.3) is 0 Å². The Balaban J connectivity index is 1.91. The van der Waals surface area contributed by atoms with Crippen LogP contribution >= 0.6 is 0 Å². The standard InChI is InChI=1S/C11H12O/c12-11-8-4-2-5-7-3(4)1-6(8)9(7)10(5)11/h3-10H,1-2H2/t3-,4-,5+,6+,7-,8-,9+,10-/m1/s1. The smallest absolute Gasteiger partial charge is 0.140 e. The molecule has 0 unspecified atom stereocenters. The van der Waals surface area contributed by atoms with E-state index in [1.807, 2.05) is 0 Å². The summed E-state index contributed by atoms with van der Waals surface area (Å²) < 4.78 is 0. The Hall–Kier alpha value is -0.330. The Kier molecular flexibility index (Phi) is 0.547. The van der Waals surface area contributed by atoms with Gasteiger partial charge in [-0.3, -0.25) is 4.79 Å². The van der Waals surface area contributed by atoms with Gasteiger partial charge in [-0.2, -0.15) is 0 Å². The van der Waals surface area contributed by atoms with E-state index in [0.717, 1.165) is 35.5 Å². The van der Waals surface area contributed by atoms with Crippen molar-refractivity contribution in [2.24, 2.45) is 47.3 Å². The number of Topliss-reactive ketones (excluding diaryl/α,β-unsaturated/α-hetero) is 1. The average molecular weight is 160 g/mol. The molecule has 0 heterocycles. The molecule has 0 saturated heterocycles. The van der Waals surface area contributed by atoms with Gasteiger partial charge < -0.3 is 0 Å². The van der Waals surface area contributed by atoms with Gasteiger partial charge in [-0.15, -0.1) is 0 Å². The van der Waals surface area contributed by atoms with Crippen molar-refractivity contribution in [1.82, 2.24) is 0 Å². The molecule has 0 aromatic rings. The van der Waals surface area contributed by atoms with E-state index in [2.05, 4.69) is 0 Å². The highest BCUT2D eigenvalue weighted by Gasteiger charge is 2.80. The number of hydrogen-bond donors (Lipinski definition) is 0. The predicted octanol–water partition coefficient (Wildman–Crippen LogP) is 1.33. The van der Waals surface area contributed by atoms with Crippen molar-refractivity contribution in [1.29, 1.82) is 0 Å². The van der Waals surface area contributed by atoms with Crippen LogP contribution in [0.15, 0.2) is 0 Å². The lowest BCUT2D eigenvalue weighted by Crippen LogP contribution is -2.44. The molecule has 5 fully saturated rings. The molecule has 0 aromatic heterocycles. The average Bonchev–Trinajstić information content (AvgIpc) is 2.47. The first-order valence-electron chi connectivity index (χ1n) is 5.41. The van der Waals surface area contributed by atoms with E-state index >= 15 is 0 Å². The molecule has 0 spiro atoms. The number of carbonyl (C=O) groups is 1. The maximum Gasteiger partial charge on any atom is 0.140 e. The maximum atomic E-state index is 11.9. The Labute approximate surface area is 71.5 Å². The molecule has 0 radical (unpaired) electrons. The summed E-state index contributed by atoms with van der Waals surface area (Å²) in [6.07, 6.45) is 2.90. The van der Waals surface area contributed by atoms with Crippen molar-refractivity contribution in [3.63, 3.8) is 0 Å². The van der Waals surface area contributed by atoms with Gasteiger partial charge in [0.25, 0.3) is 0 Å². The Morgan fingerprint density at radius 1 is 0.833 bits per heavy atom. The van der Waals surface area contributed by atoms with Crippen LogP contribution in [0.1, 0.15) is 12.8 Å². The Morgan fingerprint density at radius 2 is 1.58 bits per heavy atom. The first kappa shape index (κ1) is 5.41. The van der Waals surface area contributed by atoms with Crippen molar-refractivity contribution < 1.29 is 4.79 Å². The zero-order chi connectivity index (χ0) is 7.61. The molecular weight excluding hydrogens is 148 g/mol. The third kappa shape index (κ3) is 0.272. The van der Waals surface area contributed by atoms with E-state index < -0.39 is 0 Å². The van der Waals surface area contributed by atoms with Crippen LogP contribution in [-0.4, -0.2) is 5.78 Å². The van der Waals surface area contributed by atoms with Gasteiger partial charge in [0.1, 0.15) is 5.78 Å². The summed E-state index contributed by atoms with van der Waals surface area (Å²) in [4.78, 5) is 11.9. The fourth-order valence-corrected chi connectivity index (χ4v) is 6.10. The van der Waals surface area contributed by atoms with E-state index in [-0.39, 0.29) is 0 Å². The third-order valence-electron chi connectivity index (χ3n) is 6.02. The highest BCUT2D eigenvalue weighted by atomic mass is 16.1. The van der Waals surface area contributed by atoms with E-state index in [4.69, 9.17) is 0 Å². The van der Waals surface area contributed by atoms with Crippen LogP contribution in [0.4, 0.5) is 0 Å². The minimum absolute atomic E-state index is 0.583. The topological polar surface area (TPSA) is 17.1 Å². The molecule has 5 saturated carbocycles. The number of fused-ring (bicyclic) bond motifs is 2. The zero-order valence-electron chi connectivity index (χ0n) is 6.94. The van der Waals surface area contributed by atoms with Crippen molar-refractivity contribution in [3.8, 4) is 0 Å². The van der Waals surface area contributed by atoms with Crippen molar-refractivity contribution in [3.05, 3.63) is 0 Å². The van der Waals surface area contributed by atoms with Gasteiger partial charge in [0.2, 0.25) is 0 Å². The van der Waals surface area contributed by atoms with Crippen LogP contribution in [-0.2, 0) is 4.79 Å². The number of hydrogen-bond acceptors (Lipinski definition) is 1. The summed E-state index contributed by atoms with van der Waals surface area (Å²) in [6.45, 7) is 0. The van der Waals surface area contributed by atoms with Gasteiger partial charge in [0.15, 0.2) is 0 Å². The maximum absolute atomic E-state index is 11.9. The Morgan fingerprint density at radius 3 is 2.50 bits per heavy atom. The minimum atomic E-state index is 0.583. The lowest BCUT2D eigenvalue weighted by atomic mass is 9.60. The Bertz CT molecular complexity index is 315. The first-order valence-corrected chi connectivity index (χ1v) is 5.41. The van der Waals surface area contributed by atoms with Gasteiger partial charge >= 0.3 is 0 Å². The summed E-state index contributed by atoms with van der Waals surface area (Å²) in [5, 5.41) is 0. The lowest BCUT2D eigenvalue weighted by Gasteiger charge is -2.43. The minimum Gasteiger partial charge on any atom is -0.299 e. The van der Waals surface area contributed by atoms with Crippen LogP contribution in [0.3, 0.4) is 0 Å². The van der Waals surface area contributed by atoms with Gasteiger partial charge in [-0.1, -0.05) is 0 Å². The molecule has 2 bridgehead atoms. The highest BCUT2D eigenvalue weighted by Crippen LogP contribution is 2.81. The normalized spacial score (nSPS) is 79.2. The number of rotatable bonds is 0. The molecule has 62 valence electrons. The molecule has 5 rings (SSSR count). The third-order valence-corrected chi connectivity index (χ3v) is 6.02. The molecule has 0 aliphatic heterocycles. The molecular formula is C11H12O. The number of ketones is 1. The summed E-state index contributed by atoms with van der Waals surface area (Å²) in [6, 6.07) is 0. The van der Waals surface area contributed by atoms with Gasteiger partial charge in [0.05, 0.1) is 0 Å². The van der Waals surface area contributed by atoms with Crippen LogP contribution in [0.5, 0.6) is 0 Å². The second-order valence-electron chi connectivity index (χ2n) is 5.74. The SMILES string of the molecule is O=C1[C@@H]2[C@@H]3C[C@@H]4[C@@H]1[C@H]1[C@H]2C[C@H]3[C@H]41. The number of carbonyl (C=O) groups excluding carboxylic acids is 1. The van der Waals surface area contributed by atoms with Crippen molar-refractivity contribution in [2.75, 3.05) is 0 Å². The highest BCUT2D eigenvalue weighted by molar-refractivity contribution is 5.91. The molecule has 8 atom stereocenters. The molecule has 0 N–H and O–H groups in total. The predicted molar refractivity (Wildman–Crippen MR) is 42.2 cm³/mol. The lowest BCUT2D eigenvalue weighted by molar-refractivity contribution is -0.132. The molecule has 12 heavy (non-hydrogen) atoms. The summed E-state index contributed by atoms with van der Waals surface area (Å²) in [5.41, 5.74) is 0. The van der Waals surface area contributed by atoms with E-state index in [0.29, 0.717) is 17.6 Å². The van der Waals surface area contributed by atoms with Crippen LogP contribution in [0, 0.1) is 47.3 Å². The van der Waals surface area contributed by atoms with Crippen molar-refractivity contribution in [2.45, 2.75) is 12.8 Å². The van der Waals surface area contributed by atoms with E-state index in [9.17, 15) is 4.79 Å². The van der Waals surface area contributed by atoms with Crippen LogP contribution in [0.2, 0.25) is 0 Å². The molecule has 0 aromatic carbocycles. The van der Waals surface area contributed by atoms with E-state index in [1.165, 1.54) is 12.8 Å².